The summed E-state index contributed by atoms with van der Waals surface area (Å²) in [5.74, 6) is 0.0940. The fourth-order valence-corrected chi connectivity index (χ4v) is 3.86. The number of aromatic hydroxyl groups is 1. The summed E-state index contributed by atoms with van der Waals surface area (Å²) in [6.07, 6.45) is 0. The van der Waals surface area contributed by atoms with Crippen LogP contribution in [0.4, 0.5) is 11.4 Å². The minimum absolute atomic E-state index is 0.108. The summed E-state index contributed by atoms with van der Waals surface area (Å²) in [6.45, 7) is 0. The van der Waals surface area contributed by atoms with E-state index in [1.807, 2.05) is 18.2 Å². The first-order chi connectivity index (χ1) is 15.5. The zero-order chi connectivity index (χ0) is 22.7. The second-order valence-electron chi connectivity index (χ2n) is 6.61. The molecule has 9 heteroatoms. The van der Waals surface area contributed by atoms with Crippen molar-refractivity contribution < 1.29 is 9.84 Å². The fraction of sp³-hybridized carbons (Fsp3) is 0.0435. The Morgan fingerprint density at radius 2 is 1.50 bits per heavy atom. The van der Waals surface area contributed by atoms with E-state index in [0.29, 0.717) is 22.8 Å². The van der Waals surface area contributed by atoms with Crippen molar-refractivity contribution in [2.75, 3.05) is 7.11 Å². The van der Waals surface area contributed by atoms with Crippen LogP contribution < -0.4 is 10.3 Å². The maximum absolute atomic E-state index is 13.4. The van der Waals surface area contributed by atoms with Crippen LogP contribution in [0.3, 0.4) is 0 Å². The first-order valence-corrected chi connectivity index (χ1v) is 11.0. The van der Waals surface area contributed by atoms with Crippen LogP contribution >= 0.6 is 34.8 Å². The average Bonchev–Trinajstić information content (AvgIpc) is 2.81. The second kappa shape index (κ2) is 9.45. The van der Waals surface area contributed by atoms with Gasteiger partial charge in [0.25, 0.3) is 5.56 Å². The molecule has 4 rings (SSSR count). The van der Waals surface area contributed by atoms with E-state index in [1.54, 1.807) is 60.7 Å². The number of rotatable bonds is 5. The van der Waals surface area contributed by atoms with Gasteiger partial charge in [0.05, 0.1) is 18.5 Å². The summed E-state index contributed by atoms with van der Waals surface area (Å²) >= 11 is 7.80. The molecule has 0 aliphatic carbocycles. The summed E-state index contributed by atoms with van der Waals surface area (Å²) in [6, 6.07) is 23.3. The summed E-state index contributed by atoms with van der Waals surface area (Å²) in [4.78, 5) is 13.4. The summed E-state index contributed by atoms with van der Waals surface area (Å²) in [5, 5.41) is 19.3. The van der Waals surface area contributed by atoms with Crippen molar-refractivity contribution in [2.24, 2.45) is 10.2 Å². The molecule has 3 aromatic carbocycles. The van der Waals surface area contributed by atoms with Gasteiger partial charge < -0.3 is 9.84 Å². The molecular weight excluding hydrogens is 539 g/mol. The zero-order valence-corrected chi connectivity index (χ0v) is 19.8. The van der Waals surface area contributed by atoms with Crippen LogP contribution in [0.2, 0.25) is 0 Å². The maximum atomic E-state index is 13.4. The number of azo groups is 1. The van der Waals surface area contributed by atoms with Gasteiger partial charge >= 0.3 is 0 Å². The van der Waals surface area contributed by atoms with Crippen LogP contribution in [0.5, 0.6) is 11.6 Å². The average molecular weight is 556 g/mol. The van der Waals surface area contributed by atoms with Gasteiger partial charge in [0.2, 0.25) is 11.6 Å². The Morgan fingerprint density at radius 3 is 2.19 bits per heavy atom. The van der Waals surface area contributed by atoms with Crippen molar-refractivity contribution in [1.82, 2.24) is 9.13 Å². The van der Waals surface area contributed by atoms with Crippen molar-refractivity contribution in [3.05, 3.63) is 97.6 Å². The molecule has 32 heavy (non-hydrogen) atoms. The number of hydrogen-bond acceptors (Lipinski definition) is 6. The van der Waals surface area contributed by atoms with Gasteiger partial charge in [0.15, 0.2) is 4.77 Å². The van der Waals surface area contributed by atoms with E-state index < -0.39 is 11.4 Å². The Labute approximate surface area is 202 Å². The minimum Gasteiger partial charge on any atom is -0.494 e. The molecular formula is C23H17IN4O3S. The lowest BCUT2D eigenvalue weighted by Crippen LogP contribution is -2.23. The lowest BCUT2D eigenvalue weighted by Gasteiger charge is -2.16. The van der Waals surface area contributed by atoms with Gasteiger partial charge in [-0.1, -0.05) is 30.3 Å². The Hall–Kier alpha value is -3.31. The summed E-state index contributed by atoms with van der Waals surface area (Å²) in [5.41, 5.74) is 0.733. The molecule has 0 unspecified atom stereocenters. The zero-order valence-electron chi connectivity index (χ0n) is 16.8. The molecule has 7 nitrogen and oxygen atoms in total. The molecule has 0 spiro atoms. The maximum Gasteiger partial charge on any atom is 0.290 e. The number of halogens is 1. The quantitative estimate of drug-likeness (QED) is 0.183. The molecule has 0 atom stereocenters. The van der Waals surface area contributed by atoms with Crippen LogP contribution in [0.25, 0.3) is 11.4 Å². The molecule has 4 aromatic rings. The number of aromatic nitrogens is 2. The molecule has 0 aliphatic rings. The van der Waals surface area contributed by atoms with Crippen LogP contribution in [0.1, 0.15) is 0 Å². The first-order valence-electron chi connectivity index (χ1n) is 9.48. The van der Waals surface area contributed by atoms with Crippen molar-refractivity contribution >= 4 is 46.2 Å². The SMILES string of the molecule is COc1ccccc1N=Nc1c(O)n(-c2ccc(I)cc2)c(=S)n(-c2ccccc2)c1=O. The Morgan fingerprint density at radius 1 is 0.875 bits per heavy atom. The van der Waals surface area contributed by atoms with Crippen LogP contribution in [-0.2, 0) is 0 Å². The Kier molecular flexibility index (Phi) is 6.47. The molecule has 1 N–H and O–H groups in total. The highest BCUT2D eigenvalue weighted by molar-refractivity contribution is 14.1. The molecule has 0 saturated carbocycles. The highest BCUT2D eigenvalue weighted by Gasteiger charge is 2.19. The third-order valence-corrected chi connectivity index (χ3v) is 5.74. The summed E-state index contributed by atoms with van der Waals surface area (Å²) in [7, 11) is 1.52. The standard InChI is InChI=1S/C23H17IN4O3S/c1-31-19-10-6-5-9-18(19)25-26-20-21(29)27(16-7-3-2-4-8-16)23(32)28(22(20)30)17-13-11-15(24)12-14-17/h2-14,30H,1H3. The lowest BCUT2D eigenvalue weighted by molar-refractivity contribution is 0.415. The topological polar surface area (TPSA) is 81.1 Å². The van der Waals surface area contributed by atoms with E-state index in [0.717, 1.165) is 3.57 Å². The molecule has 0 amide bonds. The first kappa shape index (κ1) is 21.9. The van der Waals surface area contributed by atoms with Gasteiger partial charge in [0, 0.05) is 3.57 Å². The highest BCUT2D eigenvalue weighted by atomic mass is 127. The van der Waals surface area contributed by atoms with Crippen LogP contribution in [0.15, 0.2) is 93.9 Å². The van der Waals surface area contributed by atoms with Gasteiger partial charge in [0.1, 0.15) is 11.4 Å². The van der Waals surface area contributed by atoms with Crippen molar-refractivity contribution in [3.8, 4) is 23.0 Å². The van der Waals surface area contributed by atoms with Crippen molar-refractivity contribution in [2.45, 2.75) is 0 Å². The normalized spacial score (nSPS) is 11.1. The van der Waals surface area contributed by atoms with Gasteiger partial charge in [-0.05, 0) is 83.3 Å². The van der Waals surface area contributed by atoms with Crippen LogP contribution in [-0.4, -0.2) is 21.4 Å². The predicted molar refractivity (Wildman–Crippen MR) is 134 cm³/mol. The van der Waals surface area contributed by atoms with Crippen molar-refractivity contribution in [3.63, 3.8) is 0 Å². The number of methoxy groups -OCH3 is 1. The Bertz CT molecular complexity index is 1410. The minimum atomic E-state index is -0.584. The van der Waals surface area contributed by atoms with E-state index in [1.165, 1.54) is 16.2 Å². The smallest absolute Gasteiger partial charge is 0.290 e. The molecule has 0 saturated heterocycles. The number of hydrogen-bond donors (Lipinski definition) is 1. The van der Waals surface area contributed by atoms with Gasteiger partial charge in [-0.15, -0.1) is 10.2 Å². The van der Waals surface area contributed by atoms with E-state index in [4.69, 9.17) is 17.0 Å². The van der Waals surface area contributed by atoms with E-state index in [-0.39, 0.29) is 10.5 Å². The van der Waals surface area contributed by atoms with Gasteiger partial charge in [-0.2, -0.15) is 0 Å². The number of nitrogens with zero attached hydrogens (tertiary/aromatic N) is 4. The predicted octanol–water partition coefficient (Wildman–Crippen LogP) is 6.09. The Balaban J connectivity index is 2.00. The fourth-order valence-electron chi connectivity index (χ4n) is 3.12. The van der Waals surface area contributed by atoms with Gasteiger partial charge in [-0.25, -0.2) is 0 Å². The number of benzene rings is 3. The number of para-hydroxylation sites is 2. The monoisotopic (exact) mass is 556 g/mol. The third kappa shape index (κ3) is 4.21. The van der Waals surface area contributed by atoms with E-state index in [2.05, 4.69) is 32.8 Å². The lowest BCUT2D eigenvalue weighted by atomic mass is 10.3. The largest absolute Gasteiger partial charge is 0.494 e. The molecule has 0 aliphatic heterocycles. The van der Waals surface area contributed by atoms with E-state index >= 15 is 0 Å². The third-order valence-electron chi connectivity index (χ3n) is 4.65. The summed E-state index contributed by atoms with van der Waals surface area (Å²) < 4.78 is 9.14. The molecule has 1 heterocycles. The number of ether oxygens (including phenoxy) is 1. The van der Waals surface area contributed by atoms with Gasteiger partial charge in [-0.3, -0.25) is 13.9 Å². The van der Waals surface area contributed by atoms with Crippen molar-refractivity contribution in [1.29, 1.82) is 0 Å². The molecule has 1 aromatic heterocycles. The second-order valence-corrected chi connectivity index (χ2v) is 8.23. The highest BCUT2D eigenvalue weighted by Crippen LogP contribution is 2.32. The van der Waals surface area contributed by atoms with Crippen LogP contribution in [0, 0.1) is 8.34 Å². The molecule has 0 bridgehead atoms. The molecule has 0 fully saturated rings. The molecule has 160 valence electrons. The van der Waals surface area contributed by atoms with E-state index in [9.17, 15) is 9.90 Å². The molecule has 0 radical (unpaired) electrons.